The van der Waals surface area contributed by atoms with E-state index in [2.05, 4.69) is 39.8 Å². The Bertz CT molecular complexity index is 1030. The van der Waals surface area contributed by atoms with Crippen LogP contribution in [-0.2, 0) is 4.79 Å². The van der Waals surface area contributed by atoms with Crippen molar-refractivity contribution >= 4 is 29.3 Å². The maximum absolute atomic E-state index is 12.9. The van der Waals surface area contributed by atoms with Crippen molar-refractivity contribution in [2.75, 3.05) is 32.1 Å². The molecular formula is C24H28N4O5. The third-order valence-corrected chi connectivity index (χ3v) is 5.47. The number of carbonyl (C=O) groups is 2. The molecule has 0 unspecified atom stereocenters. The Kier molecular flexibility index (Phi) is 8.15. The van der Waals surface area contributed by atoms with Gasteiger partial charge in [0.25, 0.3) is 11.6 Å². The summed E-state index contributed by atoms with van der Waals surface area (Å²) in [6.45, 7) is 3.76. The van der Waals surface area contributed by atoms with E-state index in [4.69, 9.17) is 4.74 Å². The number of nitro groups is 1. The van der Waals surface area contributed by atoms with Gasteiger partial charge in [0.2, 0.25) is 5.91 Å². The van der Waals surface area contributed by atoms with Gasteiger partial charge in [-0.3, -0.25) is 24.6 Å². The molecule has 0 radical (unpaired) electrons. The van der Waals surface area contributed by atoms with Crippen LogP contribution >= 0.6 is 0 Å². The number of piperidine rings is 1. The maximum atomic E-state index is 12.9. The Hall–Kier alpha value is -3.72. The molecule has 2 amide bonds. The Labute approximate surface area is 192 Å². The fourth-order valence-corrected chi connectivity index (χ4v) is 3.78. The number of nitro benzene ring substituents is 1. The zero-order chi connectivity index (χ0) is 23.8. The number of hydrogen-bond acceptors (Lipinski definition) is 6. The lowest BCUT2D eigenvalue weighted by atomic mass is 10.0. The second kappa shape index (κ2) is 11.2. The van der Waals surface area contributed by atoms with Crippen LogP contribution in [0.2, 0.25) is 0 Å². The summed E-state index contributed by atoms with van der Waals surface area (Å²) in [7, 11) is 1.37. The Morgan fingerprint density at radius 3 is 2.52 bits per heavy atom. The molecule has 2 aromatic carbocycles. The molecule has 1 aliphatic heterocycles. The SMILES string of the molecule is COc1cc(NC(C)=O)c([N+](=O)[O-])cc1C(=O)NC1CCN(CC=Cc2ccccc2)CC1. The summed E-state index contributed by atoms with van der Waals surface area (Å²) in [6.07, 6.45) is 5.78. The van der Waals surface area contributed by atoms with Crippen LogP contribution in [0.15, 0.2) is 48.5 Å². The van der Waals surface area contributed by atoms with Gasteiger partial charge < -0.3 is 15.4 Å². The minimum absolute atomic E-state index is 0.0160. The van der Waals surface area contributed by atoms with Gasteiger partial charge in [-0.2, -0.15) is 0 Å². The largest absolute Gasteiger partial charge is 0.496 e. The summed E-state index contributed by atoms with van der Waals surface area (Å²) in [5.41, 5.74) is 0.840. The number of amides is 2. The topological polar surface area (TPSA) is 114 Å². The highest BCUT2D eigenvalue weighted by Crippen LogP contribution is 2.33. The van der Waals surface area contributed by atoms with E-state index < -0.39 is 16.7 Å². The molecule has 1 heterocycles. The van der Waals surface area contributed by atoms with Gasteiger partial charge in [0, 0.05) is 44.7 Å². The van der Waals surface area contributed by atoms with Crippen molar-refractivity contribution in [2.24, 2.45) is 0 Å². The summed E-state index contributed by atoms with van der Waals surface area (Å²) in [5.74, 6) is -0.736. The van der Waals surface area contributed by atoms with Crippen molar-refractivity contribution in [3.8, 4) is 5.75 Å². The lowest BCUT2D eigenvalue weighted by molar-refractivity contribution is -0.384. The highest BCUT2D eigenvalue weighted by molar-refractivity contribution is 6.00. The molecule has 9 heteroatoms. The summed E-state index contributed by atoms with van der Waals surface area (Å²) in [4.78, 5) is 37.4. The molecule has 2 aromatic rings. The van der Waals surface area contributed by atoms with Gasteiger partial charge in [0.05, 0.1) is 17.6 Å². The monoisotopic (exact) mass is 452 g/mol. The Morgan fingerprint density at radius 2 is 1.91 bits per heavy atom. The highest BCUT2D eigenvalue weighted by atomic mass is 16.6. The van der Waals surface area contributed by atoms with E-state index >= 15 is 0 Å². The van der Waals surface area contributed by atoms with Crippen molar-refractivity contribution in [2.45, 2.75) is 25.8 Å². The maximum Gasteiger partial charge on any atom is 0.293 e. The van der Waals surface area contributed by atoms with E-state index in [-0.39, 0.29) is 28.7 Å². The number of nitrogens with one attached hydrogen (secondary N) is 2. The number of likely N-dealkylation sites (tertiary alicyclic amines) is 1. The predicted molar refractivity (Wildman–Crippen MR) is 126 cm³/mol. The minimum Gasteiger partial charge on any atom is -0.496 e. The molecule has 0 saturated carbocycles. The fraction of sp³-hybridized carbons (Fsp3) is 0.333. The average molecular weight is 453 g/mol. The molecule has 0 spiro atoms. The quantitative estimate of drug-likeness (QED) is 0.468. The summed E-state index contributed by atoms with van der Waals surface area (Å²) in [6, 6.07) is 12.5. The number of nitrogens with zero attached hydrogens (tertiary/aromatic N) is 2. The average Bonchev–Trinajstić information content (AvgIpc) is 2.80. The van der Waals surface area contributed by atoms with Crippen LogP contribution in [0, 0.1) is 10.1 Å². The number of rotatable bonds is 8. The standard InChI is InChI=1S/C24H28N4O5/c1-17(29)25-21-16-23(33-2)20(15-22(21)28(31)32)24(30)26-19-10-13-27(14-11-19)12-6-9-18-7-4-3-5-8-18/h3-9,15-16,19H,10-14H2,1-2H3,(H,25,29)(H,26,30). The van der Waals surface area contributed by atoms with Crippen LogP contribution in [0.4, 0.5) is 11.4 Å². The van der Waals surface area contributed by atoms with Gasteiger partial charge >= 0.3 is 0 Å². The fourth-order valence-electron chi connectivity index (χ4n) is 3.78. The van der Waals surface area contributed by atoms with Crippen LogP contribution in [0.3, 0.4) is 0 Å². The van der Waals surface area contributed by atoms with Gasteiger partial charge in [-0.15, -0.1) is 0 Å². The van der Waals surface area contributed by atoms with Gasteiger partial charge in [-0.05, 0) is 18.4 Å². The third-order valence-electron chi connectivity index (χ3n) is 5.47. The lowest BCUT2D eigenvalue weighted by Gasteiger charge is -2.31. The molecule has 33 heavy (non-hydrogen) atoms. The molecule has 0 atom stereocenters. The highest BCUT2D eigenvalue weighted by Gasteiger charge is 2.26. The van der Waals surface area contributed by atoms with Gasteiger partial charge in [0.15, 0.2) is 0 Å². The summed E-state index contributed by atoms with van der Waals surface area (Å²) < 4.78 is 5.26. The summed E-state index contributed by atoms with van der Waals surface area (Å²) >= 11 is 0. The van der Waals surface area contributed by atoms with Crippen LogP contribution in [0.1, 0.15) is 35.7 Å². The number of hydrogen-bond donors (Lipinski definition) is 2. The van der Waals surface area contributed by atoms with E-state index in [1.54, 1.807) is 0 Å². The van der Waals surface area contributed by atoms with Gasteiger partial charge in [0.1, 0.15) is 11.4 Å². The van der Waals surface area contributed by atoms with E-state index in [1.165, 1.54) is 20.1 Å². The van der Waals surface area contributed by atoms with Crippen LogP contribution in [0.5, 0.6) is 5.75 Å². The molecule has 3 rings (SSSR count). The molecule has 9 nitrogen and oxygen atoms in total. The Balaban J connectivity index is 1.60. The first kappa shape index (κ1) is 23.9. The zero-order valence-electron chi connectivity index (χ0n) is 18.7. The predicted octanol–water partition coefficient (Wildman–Crippen LogP) is 3.47. The number of ether oxygens (including phenoxy) is 1. The second-order valence-corrected chi connectivity index (χ2v) is 7.87. The molecule has 1 fully saturated rings. The molecule has 0 aromatic heterocycles. The van der Waals surface area contributed by atoms with Crippen molar-refractivity contribution in [1.82, 2.24) is 10.2 Å². The summed E-state index contributed by atoms with van der Waals surface area (Å²) in [5, 5.41) is 16.8. The molecule has 0 aliphatic carbocycles. The zero-order valence-corrected chi connectivity index (χ0v) is 18.7. The van der Waals surface area contributed by atoms with Crippen molar-refractivity contribution < 1.29 is 19.2 Å². The first-order valence-electron chi connectivity index (χ1n) is 10.8. The van der Waals surface area contributed by atoms with Crippen molar-refractivity contribution in [3.63, 3.8) is 0 Å². The van der Waals surface area contributed by atoms with E-state index in [9.17, 15) is 19.7 Å². The number of benzene rings is 2. The molecule has 1 saturated heterocycles. The van der Waals surface area contributed by atoms with E-state index in [1.807, 2.05) is 18.2 Å². The van der Waals surface area contributed by atoms with Crippen molar-refractivity contribution in [3.05, 3.63) is 69.8 Å². The molecule has 2 N–H and O–H groups in total. The molecular weight excluding hydrogens is 424 g/mol. The number of carbonyl (C=O) groups excluding carboxylic acids is 2. The van der Waals surface area contributed by atoms with E-state index in [0.29, 0.717) is 0 Å². The first-order valence-corrected chi connectivity index (χ1v) is 10.8. The minimum atomic E-state index is -0.636. The molecule has 174 valence electrons. The van der Waals surface area contributed by atoms with Gasteiger partial charge in [-0.25, -0.2) is 0 Å². The number of methoxy groups -OCH3 is 1. The first-order chi connectivity index (χ1) is 15.9. The van der Waals surface area contributed by atoms with Crippen molar-refractivity contribution in [1.29, 1.82) is 0 Å². The molecule has 1 aliphatic rings. The normalized spacial score (nSPS) is 14.7. The Morgan fingerprint density at radius 1 is 1.21 bits per heavy atom. The van der Waals surface area contributed by atoms with E-state index in [0.717, 1.165) is 44.1 Å². The number of anilines is 1. The van der Waals surface area contributed by atoms with Crippen LogP contribution in [-0.4, -0.2) is 54.4 Å². The van der Waals surface area contributed by atoms with Gasteiger partial charge in [-0.1, -0.05) is 42.5 Å². The molecule has 0 bridgehead atoms. The smallest absolute Gasteiger partial charge is 0.293 e. The van der Waals surface area contributed by atoms with Crippen LogP contribution < -0.4 is 15.4 Å². The lowest BCUT2D eigenvalue weighted by Crippen LogP contribution is -2.44. The van der Waals surface area contributed by atoms with Crippen LogP contribution in [0.25, 0.3) is 6.08 Å². The second-order valence-electron chi connectivity index (χ2n) is 7.87. The third kappa shape index (κ3) is 6.63.